The molecule has 24 heavy (non-hydrogen) atoms. The maximum absolute atomic E-state index is 13.6. The molecule has 1 rings (SSSR count). The molecule has 1 heterocycles. The van der Waals surface area contributed by atoms with Crippen LogP contribution in [-0.4, -0.2) is 17.5 Å². The number of hydrogen-bond acceptors (Lipinski definition) is 2. The maximum Gasteiger partial charge on any atom is 0.417 e. The van der Waals surface area contributed by atoms with Crippen molar-refractivity contribution in [1.29, 1.82) is 0 Å². The molecule has 0 bridgehead atoms. The lowest BCUT2D eigenvalue weighted by Crippen LogP contribution is -2.27. The predicted octanol–water partition coefficient (Wildman–Crippen LogP) is 6.00. The van der Waals surface area contributed by atoms with E-state index < -0.39 is 17.7 Å². The third-order valence-electron chi connectivity index (χ3n) is 4.24. The number of hydrogen-bond donors (Lipinski definition) is 1. The summed E-state index contributed by atoms with van der Waals surface area (Å²) in [6, 6.07) is 2.22. The average molecular weight is 352 g/mol. The lowest BCUT2D eigenvalue weighted by Gasteiger charge is -2.27. The second-order valence-electron chi connectivity index (χ2n) is 6.25. The third kappa shape index (κ3) is 6.61. The van der Waals surface area contributed by atoms with Crippen LogP contribution in [0.3, 0.4) is 0 Å². The molecule has 0 fully saturated rings. The summed E-state index contributed by atoms with van der Waals surface area (Å²) in [6.45, 7) is 5.65. The van der Waals surface area contributed by atoms with Crippen LogP contribution in [0.5, 0.6) is 0 Å². The molecule has 2 nitrogen and oxygen atoms in total. The van der Waals surface area contributed by atoms with Gasteiger partial charge in [-0.15, -0.1) is 0 Å². The van der Waals surface area contributed by atoms with E-state index in [4.69, 9.17) is 0 Å². The number of nitrogens with zero attached hydrogens (tertiary/aromatic N) is 1. The van der Waals surface area contributed by atoms with E-state index in [9.17, 15) is 22.0 Å². The molecule has 0 aliphatic carbocycles. The van der Waals surface area contributed by atoms with Crippen LogP contribution in [0.15, 0.2) is 18.3 Å². The van der Waals surface area contributed by atoms with Crippen LogP contribution >= 0.6 is 0 Å². The number of alkyl halides is 5. The summed E-state index contributed by atoms with van der Waals surface area (Å²) in [5.41, 5.74) is -0.811. The van der Waals surface area contributed by atoms with Crippen molar-refractivity contribution in [3.63, 3.8) is 0 Å². The molecule has 0 aromatic carbocycles. The summed E-state index contributed by atoms with van der Waals surface area (Å²) in [5, 5.41) is 2.97. The van der Waals surface area contributed by atoms with E-state index in [0.29, 0.717) is 12.4 Å². The van der Waals surface area contributed by atoms with Crippen molar-refractivity contribution >= 4 is 5.82 Å². The molecule has 138 valence electrons. The topological polar surface area (TPSA) is 24.9 Å². The van der Waals surface area contributed by atoms with Gasteiger partial charge in [0.15, 0.2) is 0 Å². The molecule has 0 saturated carbocycles. The molecule has 1 aromatic rings. The standard InChI is InChI=1S/C17H25F5N2/c1-4-6-13(12(3)9-16(18,19)5-2)10-23-15-8-7-14(11-24-15)17(20,21)22/h7-8,11-13H,4-6,9-10H2,1-3H3,(H,23,24)/t12-,13?/m1/s1. The van der Waals surface area contributed by atoms with Crippen LogP contribution in [0.4, 0.5) is 27.8 Å². The zero-order chi connectivity index (χ0) is 18.4. The van der Waals surface area contributed by atoms with Gasteiger partial charge in [0.2, 0.25) is 5.92 Å². The normalized spacial score (nSPS) is 15.2. The van der Waals surface area contributed by atoms with Gasteiger partial charge in [-0.25, -0.2) is 13.8 Å². The molecule has 1 unspecified atom stereocenters. The third-order valence-corrected chi connectivity index (χ3v) is 4.24. The Kier molecular flexibility index (Phi) is 7.42. The van der Waals surface area contributed by atoms with Crippen LogP contribution in [-0.2, 0) is 6.18 Å². The summed E-state index contributed by atoms with van der Waals surface area (Å²) in [5.74, 6) is -2.55. The summed E-state index contributed by atoms with van der Waals surface area (Å²) in [7, 11) is 0. The summed E-state index contributed by atoms with van der Waals surface area (Å²) in [6.07, 6.45) is -2.40. The van der Waals surface area contributed by atoms with Crippen molar-refractivity contribution in [2.45, 2.75) is 58.6 Å². The highest BCUT2D eigenvalue weighted by Gasteiger charge is 2.32. The first-order valence-corrected chi connectivity index (χ1v) is 8.24. The highest BCUT2D eigenvalue weighted by atomic mass is 19.4. The first-order chi connectivity index (χ1) is 11.1. The Morgan fingerprint density at radius 1 is 1.12 bits per heavy atom. The highest BCUT2D eigenvalue weighted by molar-refractivity contribution is 5.36. The number of aromatic nitrogens is 1. The van der Waals surface area contributed by atoms with Gasteiger partial charge in [0.05, 0.1) is 5.56 Å². The molecule has 0 spiro atoms. The van der Waals surface area contributed by atoms with E-state index in [2.05, 4.69) is 10.3 Å². The van der Waals surface area contributed by atoms with Gasteiger partial charge in [0.1, 0.15) is 5.82 Å². The van der Waals surface area contributed by atoms with Gasteiger partial charge >= 0.3 is 6.18 Å². The molecule has 7 heteroatoms. The molecule has 0 saturated heterocycles. The van der Waals surface area contributed by atoms with Crippen molar-refractivity contribution in [2.75, 3.05) is 11.9 Å². The molecular weight excluding hydrogens is 327 g/mol. The Bertz CT molecular complexity index is 485. The van der Waals surface area contributed by atoms with Gasteiger partial charge in [0.25, 0.3) is 0 Å². The molecule has 1 aromatic heterocycles. The molecule has 0 amide bonds. The Labute approximate surface area is 139 Å². The van der Waals surface area contributed by atoms with Crippen LogP contribution < -0.4 is 5.32 Å². The lowest BCUT2D eigenvalue weighted by atomic mass is 9.85. The van der Waals surface area contributed by atoms with E-state index in [1.807, 2.05) is 6.92 Å². The van der Waals surface area contributed by atoms with Crippen LogP contribution in [0, 0.1) is 11.8 Å². The fraction of sp³-hybridized carbons (Fsp3) is 0.706. The average Bonchev–Trinajstić information content (AvgIpc) is 2.50. The Morgan fingerprint density at radius 3 is 2.25 bits per heavy atom. The quantitative estimate of drug-likeness (QED) is 0.551. The SMILES string of the molecule is CCCC(CNc1ccc(C(F)(F)F)cn1)[C@H](C)CC(F)(F)CC. The van der Waals surface area contributed by atoms with Gasteiger partial charge in [-0.1, -0.05) is 27.2 Å². The molecular formula is C17H25F5N2. The lowest BCUT2D eigenvalue weighted by molar-refractivity contribution is -0.137. The largest absolute Gasteiger partial charge is 0.417 e. The minimum atomic E-state index is -4.42. The Hall–Kier alpha value is -1.40. The van der Waals surface area contributed by atoms with Crippen molar-refractivity contribution in [1.82, 2.24) is 4.98 Å². The van der Waals surface area contributed by atoms with Gasteiger partial charge in [-0.3, -0.25) is 0 Å². The number of pyridine rings is 1. The van der Waals surface area contributed by atoms with E-state index in [-0.39, 0.29) is 24.7 Å². The maximum atomic E-state index is 13.6. The van der Waals surface area contributed by atoms with Crippen LogP contribution in [0.2, 0.25) is 0 Å². The highest BCUT2D eigenvalue weighted by Crippen LogP contribution is 2.32. The second kappa shape index (κ2) is 8.62. The minimum absolute atomic E-state index is 0.0107. The van der Waals surface area contributed by atoms with Crippen molar-refractivity contribution < 1.29 is 22.0 Å². The van der Waals surface area contributed by atoms with Crippen molar-refractivity contribution in [2.24, 2.45) is 11.8 Å². The zero-order valence-electron chi connectivity index (χ0n) is 14.3. The number of halogens is 5. The number of anilines is 1. The van der Waals surface area contributed by atoms with Crippen molar-refractivity contribution in [3.8, 4) is 0 Å². The zero-order valence-corrected chi connectivity index (χ0v) is 14.3. The van der Waals surface area contributed by atoms with E-state index in [1.54, 1.807) is 6.92 Å². The fourth-order valence-electron chi connectivity index (χ4n) is 2.64. The van der Waals surface area contributed by atoms with E-state index >= 15 is 0 Å². The summed E-state index contributed by atoms with van der Waals surface area (Å²) >= 11 is 0. The molecule has 0 radical (unpaired) electrons. The smallest absolute Gasteiger partial charge is 0.370 e. The predicted molar refractivity (Wildman–Crippen MR) is 85.1 cm³/mol. The first kappa shape index (κ1) is 20.6. The second-order valence-corrected chi connectivity index (χ2v) is 6.25. The van der Waals surface area contributed by atoms with E-state index in [0.717, 1.165) is 25.1 Å². The van der Waals surface area contributed by atoms with Gasteiger partial charge in [-0.2, -0.15) is 13.2 Å². The van der Waals surface area contributed by atoms with Crippen LogP contribution in [0.1, 0.15) is 52.0 Å². The number of rotatable bonds is 9. The van der Waals surface area contributed by atoms with Crippen molar-refractivity contribution in [3.05, 3.63) is 23.9 Å². The van der Waals surface area contributed by atoms with Gasteiger partial charge in [-0.05, 0) is 30.4 Å². The van der Waals surface area contributed by atoms with E-state index in [1.165, 1.54) is 13.0 Å². The first-order valence-electron chi connectivity index (χ1n) is 8.24. The molecule has 2 atom stereocenters. The Morgan fingerprint density at radius 2 is 1.79 bits per heavy atom. The summed E-state index contributed by atoms with van der Waals surface area (Å²) in [4.78, 5) is 3.75. The minimum Gasteiger partial charge on any atom is -0.370 e. The summed E-state index contributed by atoms with van der Waals surface area (Å²) < 4.78 is 64.7. The molecule has 0 aliphatic heterocycles. The number of nitrogens with one attached hydrogen (secondary N) is 1. The van der Waals surface area contributed by atoms with Crippen LogP contribution in [0.25, 0.3) is 0 Å². The van der Waals surface area contributed by atoms with Gasteiger partial charge < -0.3 is 5.32 Å². The van der Waals surface area contributed by atoms with Gasteiger partial charge in [0, 0.05) is 25.6 Å². The monoisotopic (exact) mass is 352 g/mol. The molecule has 1 N–H and O–H groups in total. The fourth-order valence-corrected chi connectivity index (χ4v) is 2.64. The Balaban J connectivity index is 2.66. The molecule has 0 aliphatic rings.